The number of fused-ring (bicyclic) bond motifs is 1. The molecule has 0 atom stereocenters. The highest BCUT2D eigenvalue weighted by molar-refractivity contribution is 5.84. The third kappa shape index (κ3) is 2.07. The zero-order chi connectivity index (χ0) is 12.2. The molecule has 3 aromatic rings. The third-order valence-corrected chi connectivity index (χ3v) is 2.66. The summed E-state index contributed by atoms with van der Waals surface area (Å²) in [6.07, 6.45) is 1.71. The second kappa shape index (κ2) is 4.68. The first-order chi connectivity index (χ1) is 8.93. The van der Waals surface area contributed by atoms with Crippen LogP contribution in [-0.4, -0.2) is 10.2 Å². The summed E-state index contributed by atoms with van der Waals surface area (Å²) >= 11 is 0. The van der Waals surface area contributed by atoms with Gasteiger partial charge in [0.05, 0.1) is 17.3 Å². The van der Waals surface area contributed by atoms with Crippen molar-refractivity contribution in [2.24, 2.45) is 0 Å². The summed E-state index contributed by atoms with van der Waals surface area (Å²) in [5.74, 6) is 6.29. The molecule has 18 heavy (non-hydrogen) atoms. The molecule has 2 heteroatoms. The fraction of sp³-hybridized carbons (Fsp3) is 0. The average Bonchev–Trinajstić information content (AvgIpc) is 2.46. The summed E-state index contributed by atoms with van der Waals surface area (Å²) in [4.78, 5) is 0. The van der Waals surface area contributed by atoms with Gasteiger partial charge in [0, 0.05) is 10.9 Å². The first-order valence-corrected chi connectivity index (χ1v) is 5.71. The van der Waals surface area contributed by atoms with E-state index in [2.05, 4.69) is 22.0 Å². The van der Waals surface area contributed by atoms with Crippen molar-refractivity contribution in [3.63, 3.8) is 0 Å². The molecule has 84 valence electrons. The van der Waals surface area contributed by atoms with E-state index in [4.69, 9.17) is 0 Å². The van der Waals surface area contributed by atoms with E-state index < -0.39 is 0 Å². The highest BCUT2D eigenvalue weighted by atomic mass is 15.1. The van der Waals surface area contributed by atoms with Crippen LogP contribution in [0.1, 0.15) is 11.1 Å². The minimum atomic E-state index is 0.873. The fourth-order valence-corrected chi connectivity index (χ4v) is 1.77. The van der Waals surface area contributed by atoms with Crippen LogP contribution in [0.2, 0.25) is 0 Å². The molecular weight excluding hydrogens is 220 g/mol. The van der Waals surface area contributed by atoms with E-state index in [1.54, 1.807) is 6.20 Å². The summed E-state index contributed by atoms with van der Waals surface area (Å²) < 4.78 is 0. The molecule has 0 N–H and O–H groups in total. The lowest BCUT2D eigenvalue weighted by Crippen LogP contribution is -1.87. The average molecular weight is 230 g/mol. The van der Waals surface area contributed by atoms with Crippen LogP contribution in [-0.2, 0) is 0 Å². The van der Waals surface area contributed by atoms with Gasteiger partial charge in [-0.15, -0.1) is 0 Å². The molecular formula is C16H10N2. The minimum absolute atomic E-state index is 0.873. The molecule has 0 aliphatic heterocycles. The lowest BCUT2D eigenvalue weighted by molar-refractivity contribution is 1.07. The van der Waals surface area contributed by atoms with Crippen molar-refractivity contribution in [2.75, 3.05) is 0 Å². The van der Waals surface area contributed by atoms with Gasteiger partial charge in [-0.05, 0) is 18.2 Å². The van der Waals surface area contributed by atoms with Gasteiger partial charge in [-0.1, -0.05) is 48.2 Å². The maximum atomic E-state index is 4.08. The summed E-state index contributed by atoms with van der Waals surface area (Å²) in [5.41, 5.74) is 2.78. The topological polar surface area (TPSA) is 25.8 Å². The van der Waals surface area contributed by atoms with Crippen molar-refractivity contribution in [1.82, 2.24) is 10.2 Å². The second-order valence-electron chi connectivity index (χ2n) is 3.89. The monoisotopic (exact) mass is 230 g/mol. The van der Waals surface area contributed by atoms with Gasteiger partial charge in [-0.3, -0.25) is 0 Å². The van der Waals surface area contributed by atoms with Gasteiger partial charge in [0.2, 0.25) is 0 Å². The number of benzene rings is 2. The predicted octanol–water partition coefficient (Wildman–Crippen LogP) is 3.03. The lowest BCUT2D eigenvalue weighted by atomic mass is 10.1. The number of hydrogen-bond donors (Lipinski definition) is 0. The number of nitrogens with zero attached hydrogens (tertiary/aromatic N) is 2. The Morgan fingerprint density at radius 3 is 2.44 bits per heavy atom. The Balaban J connectivity index is 2.09. The molecule has 1 aromatic heterocycles. The van der Waals surface area contributed by atoms with Crippen molar-refractivity contribution in [1.29, 1.82) is 0 Å². The molecule has 0 aliphatic rings. The van der Waals surface area contributed by atoms with Gasteiger partial charge < -0.3 is 0 Å². The first-order valence-electron chi connectivity index (χ1n) is 5.71. The molecule has 2 aromatic carbocycles. The quantitative estimate of drug-likeness (QED) is 0.555. The van der Waals surface area contributed by atoms with Crippen molar-refractivity contribution >= 4 is 10.9 Å². The van der Waals surface area contributed by atoms with Gasteiger partial charge in [0.25, 0.3) is 0 Å². The zero-order valence-corrected chi connectivity index (χ0v) is 9.67. The Morgan fingerprint density at radius 2 is 1.56 bits per heavy atom. The molecule has 0 fully saturated rings. The van der Waals surface area contributed by atoms with Gasteiger partial charge >= 0.3 is 0 Å². The molecule has 0 spiro atoms. The van der Waals surface area contributed by atoms with Crippen LogP contribution in [0, 0.1) is 11.8 Å². The number of aromatic nitrogens is 2. The maximum Gasteiger partial charge on any atom is 0.0942 e. The Hall–Kier alpha value is -2.66. The molecule has 0 bridgehead atoms. The van der Waals surface area contributed by atoms with E-state index >= 15 is 0 Å². The highest BCUT2D eigenvalue weighted by Gasteiger charge is 1.98. The summed E-state index contributed by atoms with van der Waals surface area (Å²) in [6, 6.07) is 17.8. The maximum absolute atomic E-state index is 4.08. The summed E-state index contributed by atoms with van der Waals surface area (Å²) in [5, 5.41) is 9.09. The Labute approximate surface area is 105 Å². The summed E-state index contributed by atoms with van der Waals surface area (Å²) in [7, 11) is 0. The standard InChI is InChI=1S/C16H10N2/c1-2-6-13(7-3-1)10-11-14-12-17-18-16-9-5-4-8-15(14)16/h1-9,12H. The van der Waals surface area contributed by atoms with Crippen LogP contribution in [0.5, 0.6) is 0 Å². The molecule has 0 saturated carbocycles. The molecule has 0 radical (unpaired) electrons. The smallest absolute Gasteiger partial charge is 0.0942 e. The first kappa shape index (κ1) is 10.5. The molecule has 1 heterocycles. The van der Waals surface area contributed by atoms with Crippen LogP contribution in [0.25, 0.3) is 10.9 Å². The Bertz CT molecular complexity index is 732. The van der Waals surface area contributed by atoms with Gasteiger partial charge in [-0.2, -0.15) is 10.2 Å². The molecule has 0 aliphatic carbocycles. The normalized spacial score (nSPS) is 9.78. The van der Waals surface area contributed by atoms with E-state index in [0.717, 1.165) is 22.0 Å². The minimum Gasteiger partial charge on any atom is -0.157 e. The van der Waals surface area contributed by atoms with Crippen LogP contribution in [0.4, 0.5) is 0 Å². The molecule has 2 nitrogen and oxygen atoms in total. The lowest BCUT2D eigenvalue weighted by Gasteiger charge is -1.97. The molecule has 0 unspecified atom stereocenters. The molecule has 0 saturated heterocycles. The number of hydrogen-bond acceptors (Lipinski definition) is 2. The predicted molar refractivity (Wildman–Crippen MR) is 72.0 cm³/mol. The van der Waals surface area contributed by atoms with E-state index in [9.17, 15) is 0 Å². The van der Waals surface area contributed by atoms with Crippen LogP contribution in [0.15, 0.2) is 60.8 Å². The van der Waals surface area contributed by atoms with E-state index in [-0.39, 0.29) is 0 Å². The Kier molecular flexibility index (Phi) is 2.73. The van der Waals surface area contributed by atoms with Gasteiger partial charge in [0.15, 0.2) is 0 Å². The van der Waals surface area contributed by atoms with Crippen molar-refractivity contribution in [3.05, 3.63) is 71.9 Å². The van der Waals surface area contributed by atoms with Crippen LogP contribution >= 0.6 is 0 Å². The van der Waals surface area contributed by atoms with Crippen molar-refractivity contribution in [3.8, 4) is 11.8 Å². The fourth-order valence-electron chi connectivity index (χ4n) is 1.77. The second-order valence-corrected chi connectivity index (χ2v) is 3.89. The highest BCUT2D eigenvalue weighted by Crippen LogP contribution is 2.13. The molecule has 3 rings (SSSR count). The third-order valence-electron chi connectivity index (χ3n) is 2.66. The van der Waals surface area contributed by atoms with E-state index in [0.29, 0.717) is 0 Å². The van der Waals surface area contributed by atoms with Crippen molar-refractivity contribution in [2.45, 2.75) is 0 Å². The van der Waals surface area contributed by atoms with Gasteiger partial charge in [-0.25, -0.2) is 0 Å². The SMILES string of the molecule is C(#Cc1cnnc2ccccc12)c1ccccc1. The molecule has 0 amide bonds. The summed E-state index contributed by atoms with van der Waals surface area (Å²) in [6.45, 7) is 0. The van der Waals surface area contributed by atoms with E-state index in [1.165, 1.54) is 0 Å². The van der Waals surface area contributed by atoms with Crippen LogP contribution < -0.4 is 0 Å². The van der Waals surface area contributed by atoms with E-state index in [1.807, 2.05) is 54.6 Å². The van der Waals surface area contributed by atoms with Crippen molar-refractivity contribution < 1.29 is 0 Å². The van der Waals surface area contributed by atoms with Gasteiger partial charge in [0.1, 0.15) is 0 Å². The zero-order valence-electron chi connectivity index (χ0n) is 9.67. The number of rotatable bonds is 0. The van der Waals surface area contributed by atoms with Crippen LogP contribution in [0.3, 0.4) is 0 Å². The Morgan fingerprint density at radius 1 is 0.778 bits per heavy atom. The largest absolute Gasteiger partial charge is 0.157 e.